The Labute approximate surface area is 131 Å². The maximum atomic E-state index is 12.0. The van der Waals surface area contributed by atoms with Gasteiger partial charge in [0.05, 0.1) is 17.8 Å². The Morgan fingerprint density at radius 3 is 2.74 bits per heavy atom. The molecule has 6 nitrogen and oxygen atoms in total. The average molecular weight is 307 g/mol. The lowest BCUT2D eigenvalue weighted by atomic mass is 10.1. The third-order valence-corrected chi connectivity index (χ3v) is 3.33. The highest BCUT2D eigenvalue weighted by Crippen LogP contribution is 2.13. The number of rotatable bonds is 4. The fourth-order valence-corrected chi connectivity index (χ4v) is 2.21. The van der Waals surface area contributed by atoms with E-state index in [1.54, 1.807) is 36.7 Å². The molecule has 1 N–H and O–H groups in total. The highest BCUT2D eigenvalue weighted by atomic mass is 16.4. The lowest BCUT2D eigenvalue weighted by Gasteiger charge is -2.08. The van der Waals surface area contributed by atoms with Gasteiger partial charge in [-0.1, -0.05) is 12.1 Å². The third-order valence-electron chi connectivity index (χ3n) is 3.33. The SMILES string of the molecule is O=C(O)c1cccc(Cn2nc(-c3cccnc3)ccc2=O)c1. The quantitative estimate of drug-likeness (QED) is 0.797. The summed E-state index contributed by atoms with van der Waals surface area (Å²) in [5, 5.41) is 13.4. The monoisotopic (exact) mass is 307 g/mol. The largest absolute Gasteiger partial charge is 0.478 e. The second-order valence-electron chi connectivity index (χ2n) is 4.96. The van der Waals surface area contributed by atoms with E-state index in [1.165, 1.54) is 22.9 Å². The number of aromatic carboxylic acids is 1. The van der Waals surface area contributed by atoms with E-state index in [-0.39, 0.29) is 17.7 Å². The molecule has 2 aromatic heterocycles. The Morgan fingerprint density at radius 1 is 1.13 bits per heavy atom. The number of carbonyl (C=O) groups is 1. The molecule has 0 aliphatic heterocycles. The van der Waals surface area contributed by atoms with E-state index >= 15 is 0 Å². The van der Waals surface area contributed by atoms with E-state index in [4.69, 9.17) is 5.11 Å². The number of hydrogen-bond acceptors (Lipinski definition) is 4. The Balaban J connectivity index is 1.96. The molecule has 0 radical (unpaired) electrons. The zero-order valence-electron chi connectivity index (χ0n) is 12.1. The van der Waals surface area contributed by atoms with Gasteiger partial charge < -0.3 is 5.11 Å². The normalized spacial score (nSPS) is 10.4. The van der Waals surface area contributed by atoms with E-state index in [0.717, 1.165) is 5.56 Å². The smallest absolute Gasteiger partial charge is 0.335 e. The molecule has 0 aliphatic rings. The molecule has 1 aromatic carbocycles. The molecule has 3 rings (SSSR count). The van der Waals surface area contributed by atoms with Crippen molar-refractivity contribution >= 4 is 5.97 Å². The summed E-state index contributed by atoms with van der Waals surface area (Å²) in [5.74, 6) is -1.00. The summed E-state index contributed by atoms with van der Waals surface area (Å²) in [6.45, 7) is 0.202. The van der Waals surface area contributed by atoms with Crippen LogP contribution < -0.4 is 5.56 Å². The van der Waals surface area contributed by atoms with Crippen LogP contribution in [0.4, 0.5) is 0 Å². The van der Waals surface area contributed by atoms with Gasteiger partial charge in [-0.3, -0.25) is 9.78 Å². The lowest BCUT2D eigenvalue weighted by molar-refractivity contribution is 0.0696. The van der Waals surface area contributed by atoms with Gasteiger partial charge in [0.15, 0.2) is 0 Å². The molecule has 0 atom stereocenters. The minimum Gasteiger partial charge on any atom is -0.478 e. The van der Waals surface area contributed by atoms with Crippen molar-refractivity contribution in [2.24, 2.45) is 0 Å². The van der Waals surface area contributed by atoms with E-state index in [2.05, 4.69) is 10.1 Å². The Morgan fingerprint density at radius 2 is 2.00 bits per heavy atom. The number of benzene rings is 1. The van der Waals surface area contributed by atoms with Crippen LogP contribution in [0, 0.1) is 0 Å². The van der Waals surface area contributed by atoms with Crippen LogP contribution in [0.5, 0.6) is 0 Å². The molecule has 0 amide bonds. The fourth-order valence-electron chi connectivity index (χ4n) is 2.21. The van der Waals surface area contributed by atoms with Crippen LogP contribution in [0.3, 0.4) is 0 Å². The van der Waals surface area contributed by atoms with Crippen LogP contribution in [0.2, 0.25) is 0 Å². The molecule has 0 aliphatic carbocycles. The van der Waals surface area contributed by atoms with E-state index in [9.17, 15) is 9.59 Å². The maximum Gasteiger partial charge on any atom is 0.335 e. The topological polar surface area (TPSA) is 85.1 Å². The van der Waals surface area contributed by atoms with E-state index in [0.29, 0.717) is 11.3 Å². The summed E-state index contributed by atoms with van der Waals surface area (Å²) in [5.41, 5.74) is 2.06. The second-order valence-corrected chi connectivity index (χ2v) is 4.96. The minimum atomic E-state index is -1.00. The van der Waals surface area contributed by atoms with Gasteiger partial charge in [0.2, 0.25) is 0 Å². The summed E-state index contributed by atoms with van der Waals surface area (Å²) in [6, 6.07) is 13.2. The van der Waals surface area contributed by atoms with Crippen LogP contribution in [0.1, 0.15) is 15.9 Å². The molecule has 6 heteroatoms. The first kappa shape index (κ1) is 14.6. The highest BCUT2D eigenvalue weighted by molar-refractivity contribution is 5.87. The lowest BCUT2D eigenvalue weighted by Crippen LogP contribution is -2.23. The second kappa shape index (κ2) is 6.23. The molecular weight excluding hydrogens is 294 g/mol. The number of hydrogen-bond donors (Lipinski definition) is 1. The van der Waals surface area contributed by atoms with Crippen molar-refractivity contribution in [3.05, 3.63) is 82.4 Å². The summed E-state index contributed by atoms with van der Waals surface area (Å²) < 4.78 is 1.31. The standard InChI is InChI=1S/C17H13N3O3/c21-16-7-6-15(14-5-2-8-18-10-14)19-20(16)11-12-3-1-4-13(9-12)17(22)23/h1-10H,11H2,(H,22,23). The zero-order chi connectivity index (χ0) is 16.2. The molecular formula is C17H13N3O3. The fraction of sp³-hybridized carbons (Fsp3) is 0.0588. The minimum absolute atomic E-state index is 0.180. The summed E-state index contributed by atoms with van der Waals surface area (Å²) in [4.78, 5) is 27.1. The van der Waals surface area contributed by atoms with Gasteiger partial charge in [-0.2, -0.15) is 5.10 Å². The number of aromatic nitrogens is 3. The van der Waals surface area contributed by atoms with Crippen molar-refractivity contribution in [1.82, 2.24) is 14.8 Å². The Bertz CT molecular complexity index is 904. The van der Waals surface area contributed by atoms with Gasteiger partial charge in [0.25, 0.3) is 5.56 Å². The molecule has 0 spiro atoms. The Hall–Kier alpha value is -3.28. The van der Waals surface area contributed by atoms with Gasteiger partial charge >= 0.3 is 5.97 Å². The first-order valence-electron chi connectivity index (χ1n) is 6.94. The summed E-state index contributed by atoms with van der Waals surface area (Å²) in [6.07, 6.45) is 3.33. The van der Waals surface area contributed by atoms with Gasteiger partial charge in [0, 0.05) is 24.0 Å². The van der Waals surface area contributed by atoms with Crippen LogP contribution in [0.25, 0.3) is 11.3 Å². The molecule has 2 heterocycles. The Kier molecular flexibility index (Phi) is 3.97. The number of carboxylic acids is 1. The number of pyridine rings is 1. The number of carboxylic acid groups (broad SMARTS) is 1. The van der Waals surface area contributed by atoms with Gasteiger partial charge in [-0.25, -0.2) is 9.48 Å². The van der Waals surface area contributed by atoms with Crippen LogP contribution in [0.15, 0.2) is 65.7 Å². The third kappa shape index (κ3) is 3.32. The molecule has 3 aromatic rings. The van der Waals surface area contributed by atoms with Crippen LogP contribution in [-0.2, 0) is 6.54 Å². The van der Waals surface area contributed by atoms with Gasteiger partial charge in [-0.15, -0.1) is 0 Å². The molecule has 0 bridgehead atoms. The van der Waals surface area contributed by atoms with E-state index in [1.807, 2.05) is 6.07 Å². The van der Waals surface area contributed by atoms with Crippen molar-refractivity contribution in [1.29, 1.82) is 0 Å². The van der Waals surface area contributed by atoms with Crippen molar-refractivity contribution in [2.45, 2.75) is 6.54 Å². The first-order chi connectivity index (χ1) is 11.1. The first-order valence-corrected chi connectivity index (χ1v) is 6.94. The van der Waals surface area contributed by atoms with Gasteiger partial charge in [-0.05, 0) is 35.9 Å². The van der Waals surface area contributed by atoms with Gasteiger partial charge in [0.1, 0.15) is 0 Å². The molecule has 0 saturated heterocycles. The summed E-state index contributed by atoms with van der Waals surface area (Å²) in [7, 11) is 0. The number of nitrogens with zero attached hydrogens (tertiary/aromatic N) is 3. The predicted octanol–water partition coefficient (Wildman–Crippen LogP) is 2.05. The molecule has 0 fully saturated rings. The average Bonchev–Trinajstić information content (AvgIpc) is 2.58. The molecule has 0 saturated carbocycles. The molecule has 23 heavy (non-hydrogen) atoms. The van der Waals surface area contributed by atoms with Crippen molar-refractivity contribution in [3.63, 3.8) is 0 Å². The van der Waals surface area contributed by atoms with E-state index < -0.39 is 5.97 Å². The molecule has 0 unspecified atom stereocenters. The highest BCUT2D eigenvalue weighted by Gasteiger charge is 2.07. The summed E-state index contributed by atoms with van der Waals surface area (Å²) >= 11 is 0. The van der Waals surface area contributed by atoms with Crippen molar-refractivity contribution in [3.8, 4) is 11.3 Å². The molecule has 114 valence electrons. The maximum absolute atomic E-state index is 12.0. The van der Waals surface area contributed by atoms with Crippen LogP contribution >= 0.6 is 0 Å². The van der Waals surface area contributed by atoms with Crippen molar-refractivity contribution < 1.29 is 9.90 Å². The predicted molar refractivity (Wildman–Crippen MR) is 84.2 cm³/mol. The van der Waals surface area contributed by atoms with Crippen LogP contribution in [-0.4, -0.2) is 25.8 Å². The zero-order valence-corrected chi connectivity index (χ0v) is 12.1. The van der Waals surface area contributed by atoms with Crippen molar-refractivity contribution in [2.75, 3.05) is 0 Å².